The zero-order valence-electron chi connectivity index (χ0n) is 13.5. The molecular formula is C14H18N2O7S2. The minimum atomic E-state index is -3.93. The standard InChI is InChI=1S/C14H18N2O7S2/c1-2-23-14(17)10-24-12-4-3-11(16(18)19)9-13(12)25(20,21)15-5-7-22-8-6-15/h3-4,9H,2,5-8,10H2,1H3. The second-order valence-electron chi connectivity index (χ2n) is 5.00. The van der Waals surface area contributed by atoms with Crippen molar-refractivity contribution in [1.29, 1.82) is 0 Å². The lowest BCUT2D eigenvalue weighted by Crippen LogP contribution is -2.40. The maximum absolute atomic E-state index is 12.9. The van der Waals surface area contributed by atoms with Crippen molar-refractivity contribution in [1.82, 2.24) is 4.31 Å². The molecule has 0 atom stereocenters. The zero-order chi connectivity index (χ0) is 18.4. The Balaban J connectivity index is 2.36. The summed E-state index contributed by atoms with van der Waals surface area (Å²) >= 11 is 0.972. The number of non-ortho nitro benzene ring substituents is 1. The Kier molecular flexibility index (Phi) is 6.76. The van der Waals surface area contributed by atoms with E-state index in [4.69, 9.17) is 9.47 Å². The van der Waals surface area contributed by atoms with Crippen molar-refractivity contribution in [2.45, 2.75) is 16.7 Å². The second-order valence-corrected chi connectivity index (χ2v) is 7.92. The maximum Gasteiger partial charge on any atom is 0.316 e. The normalized spacial score (nSPS) is 15.7. The summed E-state index contributed by atoms with van der Waals surface area (Å²) in [5, 5.41) is 11.0. The Morgan fingerprint density at radius 3 is 2.68 bits per heavy atom. The number of hydrogen-bond donors (Lipinski definition) is 0. The van der Waals surface area contributed by atoms with E-state index in [1.165, 1.54) is 16.4 Å². The third kappa shape index (κ3) is 4.91. The van der Waals surface area contributed by atoms with Crippen LogP contribution in [-0.2, 0) is 24.3 Å². The first-order chi connectivity index (χ1) is 11.9. The molecule has 1 aromatic carbocycles. The molecule has 0 aromatic heterocycles. The van der Waals surface area contributed by atoms with Crippen LogP contribution in [0.2, 0.25) is 0 Å². The number of hydrogen-bond acceptors (Lipinski definition) is 8. The van der Waals surface area contributed by atoms with Gasteiger partial charge in [-0.15, -0.1) is 11.8 Å². The van der Waals surface area contributed by atoms with Gasteiger partial charge in [0.1, 0.15) is 4.90 Å². The van der Waals surface area contributed by atoms with Crippen LogP contribution >= 0.6 is 11.8 Å². The van der Waals surface area contributed by atoms with Crippen molar-refractivity contribution in [3.05, 3.63) is 28.3 Å². The minimum Gasteiger partial charge on any atom is -0.465 e. The van der Waals surface area contributed by atoms with E-state index in [0.717, 1.165) is 17.8 Å². The van der Waals surface area contributed by atoms with Gasteiger partial charge in [0, 0.05) is 30.1 Å². The van der Waals surface area contributed by atoms with Gasteiger partial charge < -0.3 is 9.47 Å². The van der Waals surface area contributed by atoms with Gasteiger partial charge in [0.2, 0.25) is 10.0 Å². The molecule has 0 spiro atoms. The first-order valence-corrected chi connectivity index (χ1v) is 9.93. The van der Waals surface area contributed by atoms with Gasteiger partial charge in [-0.1, -0.05) is 0 Å². The van der Waals surface area contributed by atoms with E-state index in [0.29, 0.717) is 0 Å². The maximum atomic E-state index is 12.9. The Bertz CT molecular complexity index is 746. The summed E-state index contributed by atoms with van der Waals surface area (Å²) in [5.41, 5.74) is -0.327. The SMILES string of the molecule is CCOC(=O)CSc1ccc([N+](=O)[O-])cc1S(=O)(=O)N1CCOCC1. The molecule has 2 rings (SSSR count). The van der Waals surface area contributed by atoms with E-state index in [1.807, 2.05) is 0 Å². The molecule has 25 heavy (non-hydrogen) atoms. The summed E-state index contributed by atoms with van der Waals surface area (Å²) in [4.78, 5) is 22.0. The summed E-state index contributed by atoms with van der Waals surface area (Å²) in [5.74, 6) is -0.572. The number of thioether (sulfide) groups is 1. The molecule has 1 aromatic rings. The number of esters is 1. The molecule has 0 bridgehead atoms. The minimum absolute atomic E-state index is 0.0860. The van der Waals surface area contributed by atoms with Gasteiger partial charge in [-0.3, -0.25) is 14.9 Å². The molecule has 1 saturated heterocycles. The number of sulfonamides is 1. The topological polar surface area (TPSA) is 116 Å². The van der Waals surface area contributed by atoms with E-state index in [9.17, 15) is 23.3 Å². The highest BCUT2D eigenvalue weighted by Gasteiger charge is 2.30. The molecule has 11 heteroatoms. The summed E-state index contributed by atoms with van der Waals surface area (Å²) in [6.45, 7) is 2.76. The molecular weight excluding hydrogens is 372 g/mol. The van der Waals surface area contributed by atoms with Crippen LogP contribution in [0.5, 0.6) is 0 Å². The zero-order valence-corrected chi connectivity index (χ0v) is 15.2. The molecule has 0 unspecified atom stereocenters. The van der Waals surface area contributed by atoms with Crippen molar-refractivity contribution in [2.24, 2.45) is 0 Å². The summed E-state index contributed by atoms with van der Waals surface area (Å²) < 4.78 is 36.9. The monoisotopic (exact) mass is 390 g/mol. The number of morpholine rings is 1. The van der Waals surface area contributed by atoms with Gasteiger partial charge in [-0.25, -0.2) is 8.42 Å². The van der Waals surface area contributed by atoms with Gasteiger partial charge in [0.25, 0.3) is 5.69 Å². The average molecular weight is 390 g/mol. The predicted molar refractivity (Wildman–Crippen MR) is 90.0 cm³/mol. The van der Waals surface area contributed by atoms with E-state index in [1.54, 1.807) is 6.92 Å². The first kappa shape index (κ1) is 19.6. The third-order valence-corrected chi connectivity index (χ3v) is 6.49. The number of nitro groups is 1. The highest BCUT2D eigenvalue weighted by molar-refractivity contribution is 8.00. The summed E-state index contributed by atoms with van der Waals surface area (Å²) in [6.07, 6.45) is 0. The van der Waals surface area contributed by atoms with Gasteiger partial charge in [-0.05, 0) is 13.0 Å². The summed E-state index contributed by atoms with van der Waals surface area (Å²) in [6, 6.07) is 3.58. The fraction of sp³-hybridized carbons (Fsp3) is 0.500. The van der Waals surface area contributed by atoms with Crippen molar-refractivity contribution in [3.8, 4) is 0 Å². The molecule has 0 saturated carbocycles. The number of ether oxygens (including phenoxy) is 2. The molecule has 0 N–H and O–H groups in total. The molecule has 0 amide bonds. The molecule has 1 aliphatic heterocycles. The number of nitrogens with zero attached hydrogens (tertiary/aromatic N) is 2. The van der Waals surface area contributed by atoms with Gasteiger partial charge >= 0.3 is 5.97 Å². The number of rotatable bonds is 7. The molecule has 9 nitrogen and oxygen atoms in total. The highest BCUT2D eigenvalue weighted by Crippen LogP contribution is 2.32. The van der Waals surface area contributed by atoms with Crippen LogP contribution in [0.25, 0.3) is 0 Å². The smallest absolute Gasteiger partial charge is 0.316 e. The van der Waals surface area contributed by atoms with Crippen LogP contribution in [0.4, 0.5) is 5.69 Å². The fourth-order valence-corrected chi connectivity index (χ4v) is 4.91. The first-order valence-electron chi connectivity index (χ1n) is 7.51. The Morgan fingerprint density at radius 2 is 2.08 bits per heavy atom. The van der Waals surface area contributed by atoms with E-state index in [2.05, 4.69) is 0 Å². The molecule has 1 heterocycles. The fourth-order valence-electron chi connectivity index (χ4n) is 2.20. The van der Waals surface area contributed by atoms with Gasteiger partial charge in [-0.2, -0.15) is 4.31 Å². The van der Waals surface area contributed by atoms with Crippen LogP contribution in [0.1, 0.15) is 6.92 Å². The van der Waals surface area contributed by atoms with Crippen molar-refractivity contribution in [3.63, 3.8) is 0 Å². The number of nitro benzene ring substituents is 1. The number of carbonyl (C=O) groups excluding carboxylic acids is 1. The number of carbonyl (C=O) groups is 1. The van der Waals surface area contributed by atoms with Crippen LogP contribution in [0.15, 0.2) is 28.0 Å². The van der Waals surface area contributed by atoms with Crippen LogP contribution < -0.4 is 0 Å². The Labute approximate surface area is 149 Å². The van der Waals surface area contributed by atoms with Crippen LogP contribution in [0.3, 0.4) is 0 Å². The molecule has 0 radical (unpaired) electrons. The lowest BCUT2D eigenvalue weighted by Gasteiger charge is -2.26. The largest absolute Gasteiger partial charge is 0.465 e. The predicted octanol–water partition coefficient (Wildman–Crippen LogP) is 1.27. The lowest BCUT2D eigenvalue weighted by atomic mass is 10.3. The van der Waals surface area contributed by atoms with E-state index >= 15 is 0 Å². The van der Waals surface area contributed by atoms with Crippen molar-refractivity contribution < 1.29 is 27.6 Å². The van der Waals surface area contributed by atoms with Crippen molar-refractivity contribution >= 4 is 33.4 Å². The van der Waals surface area contributed by atoms with Gasteiger partial charge in [0.05, 0.1) is 30.5 Å². The van der Waals surface area contributed by atoms with E-state index < -0.39 is 20.9 Å². The molecule has 1 aliphatic rings. The Morgan fingerprint density at radius 1 is 1.40 bits per heavy atom. The van der Waals surface area contributed by atoms with Crippen LogP contribution in [-0.4, -0.2) is 62.3 Å². The van der Waals surface area contributed by atoms with Crippen LogP contribution in [0, 0.1) is 10.1 Å². The average Bonchev–Trinajstić information content (AvgIpc) is 2.60. The third-order valence-electron chi connectivity index (χ3n) is 3.38. The Hall–Kier alpha value is -1.69. The lowest BCUT2D eigenvalue weighted by molar-refractivity contribution is -0.385. The molecule has 1 fully saturated rings. The number of benzene rings is 1. The highest BCUT2D eigenvalue weighted by atomic mass is 32.2. The van der Waals surface area contributed by atoms with Gasteiger partial charge in [0.15, 0.2) is 0 Å². The van der Waals surface area contributed by atoms with E-state index in [-0.39, 0.29) is 54.1 Å². The molecule has 138 valence electrons. The second kappa shape index (κ2) is 8.61. The quantitative estimate of drug-likeness (QED) is 0.296. The molecule has 0 aliphatic carbocycles. The van der Waals surface area contributed by atoms with Crippen molar-refractivity contribution in [2.75, 3.05) is 38.7 Å². The summed E-state index contributed by atoms with van der Waals surface area (Å²) in [7, 11) is -3.93.